The van der Waals surface area contributed by atoms with Gasteiger partial charge in [0.25, 0.3) is 0 Å². The van der Waals surface area contributed by atoms with Gasteiger partial charge < -0.3 is 15.8 Å². The Kier molecular flexibility index (Phi) is 1.89. The van der Waals surface area contributed by atoms with E-state index in [-0.39, 0.29) is 5.75 Å². The summed E-state index contributed by atoms with van der Waals surface area (Å²) in [5.74, 6) is 0.251. The zero-order valence-electron chi connectivity index (χ0n) is 9.31. The van der Waals surface area contributed by atoms with Crippen LogP contribution in [0.4, 0.5) is 5.69 Å². The molecular weight excluding hydrogens is 216 g/mol. The minimum atomic E-state index is 0.251. The number of H-pyrrole nitrogens is 1. The van der Waals surface area contributed by atoms with Crippen molar-refractivity contribution < 1.29 is 5.11 Å². The number of aromatic hydroxyl groups is 1. The predicted octanol–water partition coefficient (Wildman–Crippen LogP) is 1.86. The van der Waals surface area contributed by atoms with Gasteiger partial charge in [0.15, 0.2) is 0 Å². The fourth-order valence-corrected chi connectivity index (χ4v) is 2.03. The normalized spacial score (nSPS) is 11.1. The van der Waals surface area contributed by atoms with Crippen LogP contribution < -0.4 is 5.73 Å². The van der Waals surface area contributed by atoms with E-state index < -0.39 is 0 Å². The molecule has 0 amide bonds. The molecule has 0 saturated heterocycles. The molecule has 0 fully saturated rings. The molecule has 0 aliphatic carbocycles. The van der Waals surface area contributed by atoms with E-state index in [1.807, 2.05) is 19.2 Å². The summed E-state index contributed by atoms with van der Waals surface area (Å²) in [5, 5.41) is 14.5. The number of hydrogen-bond acceptors (Lipinski definition) is 3. The molecule has 86 valence electrons. The van der Waals surface area contributed by atoms with E-state index in [0.29, 0.717) is 5.69 Å². The second kappa shape index (κ2) is 3.28. The molecule has 1 aromatic carbocycles. The summed E-state index contributed by atoms with van der Waals surface area (Å²) in [5.41, 5.74) is 9.20. The van der Waals surface area contributed by atoms with E-state index in [4.69, 9.17) is 5.73 Å². The van der Waals surface area contributed by atoms with E-state index in [0.717, 1.165) is 22.3 Å². The first kappa shape index (κ1) is 9.77. The quantitative estimate of drug-likeness (QED) is 0.594. The van der Waals surface area contributed by atoms with Gasteiger partial charge in [-0.3, -0.25) is 4.68 Å². The standard InChI is InChI=1S/C12H12N4O/c1-16-12(9(13)6-14-16)11-5-7-4-8(17)2-3-10(7)15-11/h2-6,15,17H,13H2,1H3. The summed E-state index contributed by atoms with van der Waals surface area (Å²) >= 11 is 0. The number of fused-ring (bicyclic) bond motifs is 1. The second-order valence-electron chi connectivity index (χ2n) is 4.03. The van der Waals surface area contributed by atoms with E-state index in [9.17, 15) is 5.11 Å². The molecule has 0 radical (unpaired) electrons. The van der Waals surface area contributed by atoms with Crippen LogP contribution in [0.5, 0.6) is 5.75 Å². The van der Waals surface area contributed by atoms with Crippen LogP contribution >= 0.6 is 0 Å². The Balaban J connectivity index is 2.25. The largest absolute Gasteiger partial charge is 0.508 e. The summed E-state index contributed by atoms with van der Waals surface area (Å²) in [7, 11) is 1.84. The van der Waals surface area contributed by atoms with Gasteiger partial charge in [0.2, 0.25) is 0 Å². The van der Waals surface area contributed by atoms with Crippen molar-refractivity contribution in [2.45, 2.75) is 0 Å². The van der Waals surface area contributed by atoms with Gasteiger partial charge in [-0.1, -0.05) is 0 Å². The summed E-state index contributed by atoms with van der Waals surface area (Å²) in [6.45, 7) is 0. The van der Waals surface area contributed by atoms with E-state index in [2.05, 4.69) is 10.1 Å². The number of aromatic amines is 1. The van der Waals surface area contributed by atoms with Crippen LogP contribution in [0.2, 0.25) is 0 Å². The number of nitrogen functional groups attached to an aromatic ring is 1. The van der Waals surface area contributed by atoms with Crippen molar-refractivity contribution >= 4 is 16.6 Å². The van der Waals surface area contributed by atoms with Crippen molar-refractivity contribution in [1.29, 1.82) is 0 Å². The van der Waals surface area contributed by atoms with Crippen LogP contribution in [0.25, 0.3) is 22.3 Å². The highest BCUT2D eigenvalue weighted by Crippen LogP contribution is 2.29. The molecule has 0 aliphatic heterocycles. The maximum Gasteiger partial charge on any atom is 0.116 e. The van der Waals surface area contributed by atoms with Crippen LogP contribution in [0.1, 0.15) is 0 Å². The molecule has 0 aliphatic rings. The summed E-state index contributed by atoms with van der Waals surface area (Å²) in [6.07, 6.45) is 1.62. The Morgan fingerprint density at radius 2 is 2.18 bits per heavy atom. The number of phenols is 1. The monoisotopic (exact) mass is 228 g/mol. The van der Waals surface area contributed by atoms with E-state index >= 15 is 0 Å². The molecule has 2 aromatic heterocycles. The number of aryl methyl sites for hydroxylation is 1. The molecule has 0 saturated carbocycles. The molecule has 0 atom stereocenters. The van der Waals surface area contributed by atoms with Gasteiger partial charge in [0, 0.05) is 18.0 Å². The maximum atomic E-state index is 9.42. The number of phenolic OH excluding ortho intramolecular Hbond substituents is 1. The molecular formula is C12H12N4O. The lowest BCUT2D eigenvalue weighted by Gasteiger charge is -1.99. The summed E-state index contributed by atoms with van der Waals surface area (Å²) < 4.78 is 1.72. The molecule has 3 aromatic rings. The molecule has 0 unspecified atom stereocenters. The van der Waals surface area contributed by atoms with Gasteiger partial charge >= 0.3 is 0 Å². The minimum absolute atomic E-state index is 0.251. The van der Waals surface area contributed by atoms with Crippen molar-refractivity contribution in [1.82, 2.24) is 14.8 Å². The van der Waals surface area contributed by atoms with Crippen LogP contribution in [0.15, 0.2) is 30.5 Å². The van der Waals surface area contributed by atoms with Crippen LogP contribution in [0.3, 0.4) is 0 Å². The van der Waals surface area contributed by atoms with Crippen LogP contribution in [-0.2, 0) is 7.05 Å². The van der Waals surface area contributed by atoms with E-state index in [1.54, 1.807) is 23.0 Å². The van der Waals surface area contributed by atoms with Gasteiger partial charge in [0.05, 0.1) is 17.6 Å². The summed E-state index contributed by atoms with van der Waals surface area (Å²) in [4.78, 5) is 3.25. The summed E-state index contributed by atoms with van der Waals surface area (Å²) in [6, 6.07) is 7.14. The molecule has 3 rings (SSSR count). The topological polar surface area (TPSA) is 79.9 Å². The van der Waals surface area contributed by atoms with E-state index in [1.165, 1.54) is 0 Å². The second-order valence-corrected chi connectivity index (χ2v) is 4.03. The van der Waals surface area contributed by atoms with Crippen LogP contribution in [-0.4, -0.2) is 19.9 Å². The molecule has 0 bridgehead atoms. The Morgan fingerprint density at radius 3 is 2.88 bits per heavy atom. The molecule has 4 N–H and O–H groups in total. The predicted molar refractivity (Wildman–Crippen MR) is 66.6 cm³/mol. The van der Waals surface area contributed by atoms with Crippen molar-refractivity contribution in [2.75, 3.05) is 5.73 Å². The number of benzene rings is 1. The highest BCUT2D eigenvalue weighted by molar-refractivity contribution is 5.88. The maximum absolute atomic E-state index is 9.42. The molecule has 5 nitrogen and oxygen atoms in total. The fourth-order valence-electron chi connectivity index (χ4n) is 2.03. The van der Waals surface area contributed by atoms with Crippen molar-refractivity contribution in [3.05, 3.63) is 30.5 Å². The molecule has 0 spiro atoms. The molecule has 5 heteroatoms. The number of nitrogens with two attached hydrogens (primary N) is 1. The number of aromatic nitrogens is 3. The lowest BCUT2D eigenvalue weighted by Crippen LogP contribution is -1.95. The molecule has 17 heavy (non-hydrogen) atoms. The fraction of sp³-hybridized carbons (Fsp3) is 0.0833. The zero-order chi connectivity index (χ0) is 12.0. The zero-order valence-corrected chi connectivity index (χ0v) is 9.31. The number of nitrogens with zero attached hydrogens (tertiary/aromatic N) is 2. The smallest absolute Gasteiger partial charge is 0.116 e. The number of nitrogens with one attached hydrogen (secondary N) is 1. The average Bonchev–Trinajstić information content (AvgIpc) is 2.81. The van der Waals surface area contributed by atoms with Crippen molar-refractivity contribution in [3.63, 3.8) is 0 Å². The Bertz CT molecular complexity index is 676. The van der Waals surface area contributed by atoms with Gasteiger partial charge in [-0.15, -0.1) is 0 Å². The number of hydrogen-bond donors (Lipinski definition) is 3. The Morgan fingerprint density at radius 1 is 1.35 bits per heavy atom. The van der Waals surface area contributed by atoms with Crippen LogP contribution in [0, 0.1) is 0 Å². The number of anilines is 1. The first-order valence-electron chi connectivity index (χ1n) is 5.25. The highest BCUT2D eigenvalue weighted by atomic mass is 16.3. The van der Waals surface area contributed by atoms with Crippen molar-refractivity contribution in [2.24, 2.45) is 7.05 Å². The highest BCUT2D eigenvalue weighted by Gasteiger charge is 2.11. The Hall–Kier alpha value is -2.43. The SMILES string of the molecule is Cn1ncc(N)c1-c1cc2cc(O)ccc2[nH]1. The molecule has 2 heterocycles. The van der Waals surface area contributed by atoms with Gasteiger partial charge in [-0.05, 0) is 24.3 Å². The third-order valence-electron chi connectivity index (χ3n) is 2.83. The Labute approximate surface area is 97.5 Å². The van der Waals surface area contributed by atoms with Gasteiger partial charge in [-0.25, -0.2) is 0 Å². The average molecular weight is 228 g/mol. The lowest BCUT2D eigenvalue weighted by molar-refractivity contribution is 0.476. The van der Waals surface area contributed by atoms with Crippen molar-refractivity contribution in [3.8, 4) is 17.1 Å². The first-order chi connectivity index (χ1) is 8.15. The number of rotatable bonds is 1. The third-order valence-corrected chi connectivity index (χ3v) is 2.83. The minimum Gasteiger partial charge on any atom is -0.508 e. The van der Waals surface area contributed by atoms with Gasteiger partial charge in [-0.2, -0.15) is 5.10 Å². The first-order valence-corrected chi connectivity index (χ1v) is 5.25. The lowest BCUT2D eigenvalue weighted by atomic mass is 10.2. The van der Waals surface area contributed by atoms with Gasteiger partial charge in [0.1, 0.15) is 11.4 Å². The third kappa shape index (κ3) is 1.44.